The van der Waals surface area contributed by atoms with E-state index >= 15 is 0 Å². The van der Waals surface area contributed by atoms with Crippen molar-refractivity contribution in [2.24, 2.45) is 0 Å². The predicted octanol–water partition coefficient (Wildman–Crippen LogP) is 2.04. The molecule has 1 aromatic heterocycles. The summed E-state index contributed by atoms with van der Waals surface area (Å²) in [6.07, 6.45) is 3.60. The predicted molar refractivity (Wildman–Crippen MR) is 53.5 cm³/mol. The van der Waals surface area contributed by atoms with Gasteiger partial charge >= 0.3 is 0 Å². The Morgan fingerprint density at radius 3 is 3.00 bits per heavy atom. The van der Waals surface area contributed by atoms with Crippen LogP contribution in [0.1, 0.15) is 11.4 Å². The molecule has 0 spiro atoms. The quantitative estimate of drug-likeness (QED) is 0.684. The van der Waals surface area contributed by atoms with E-state index in [1.54, 1.807) is 18.2 Å². The van der Waals surface area contributed by atoms with Gasteiger partial charge in [-0.2, -0.15) is 12.6 Å². The third-order valence-corrected chi connectivity index (χ3v) is 1.63. The zero-order valence-electron chi connectivity index (χ0n) is 6.86. The molecule has 0 unspecified atom stereocenters. The molecule has 0 saturated carbocycles. The van der Waals surface area contributed by atoms with Crippen molar-refractivity contribution in [3.8, 4) is 5.75 Å². The first kappa shape index (κ1) is 9.13. The highest BCUT2D eigenvalue weighted by Crippen LogP contribution is 2.15. The monoisotopic (exact) mass is 181 g/mol. The summed E-state index contributed by atoms with van der Waals surface area (Å²) >= 11 is 4.01. The highest BCUT2D eigenvalue weighted by Gasteiger charge is 1.97. The number of nitrogens with zero attached hydrogens (tertiary/aromatic N) is 1. The minimum absolute atomic E-state index is 0.207. The van der Waals surface area contributed by atoms with Gasteiger partial charge in [0.05, 0.1) is 0 Å². The van der Waals surface area contributed by atoms with E-state index in [1.807, 2.05) is 13.0 Å². The molecular formula is C9H11NOS. The first-order chi connectivity index (χ1) is 5.74. The average Bonchev–Trinajstić information content (AvgIpc) is 2.07. The van der Waals surface area contributed by atoms with E-state index in [0.717, 1.165) is 5.69 Å². The van der Waals surface area contributed by atoms with Crippen LogP contribution in [0.5, 0.6) is 5.75 Å². The fraction of sp³-hybridized carbons (Fsp3) is 0.222. The highest BCUT2D eigenvalue weighted by atomic mass is 32.1. The van der Waals surface area contributed by atoms with Crippen molar-refractivity contribution in [1.82, 2.24) is 4.98 Å². The number of thiol groups is 1. The van der Waals surface area contributed by atoms with Crippen LogP contribution in [-0.4, -0.2) is 15.8 Å². The Labute approximate surface area is 77.4 Å². The summed E-state index contributed by atoms with van der Waals surface area (Å²) in [4.78, 5) is 4.14. The molecule has 0 amide bonds. The minimum atomic E-state index is 0.207. The highest BCUT2D eigenvalue weighted by molar-refractivity contribution is 7.80. The molecule has 0 aliphatic carbocycles. The van der Waals surface area contributed by atoms with Crippen molar-refractivity contribution in [3.05, 3.63) is 29.6 Å². The molecule has 1 aromatic rings. The third-order valence-electron chi connectivity index (χ3n) is 1.42. The first-order valence-corrected chi connectivity index (χ1v) is 4.31. The molecule has 0 atom stereocenters. The zero-order chi connectivity index (χ0) is 8.97. The number of aromatic hydroxyl groups is 1. The summed E-state index contributed by atoms with van der Waals surface area (Å²) in [5.41, 5.74) is 1.50. The van der Waals surface area contributed by atoms with Gasteiger partial charge in [-0.15, -0.1) is 0 Å². The second kappa shape index (κ2) is 4.16. The van der Waals surface area contributed by atoms with Gasteiger partial charge in [0.2, 0.25) is 0 Å². The fourth-order valence-corrected chi connectivity index (χ4v) is 0.962. The van der Waals surface area contributed by atoms with Crippen LogP contribution in [0.3, 0.4) is 0 Å². The first-order valence-electron chi connectivity index (χ1n) is 3.68. The van der Waals surface area contributed by atoms with Gasteiger partial charge in [-0.25, -0.2) is 4.98 Å². The van der Waals surface area contributed by atoms with E-state index in [9.17, 15) is 5.11 Å². The molecule has 2 nitrogen and oxygen atoms in total. The van der Waals surface area contributed by atoms with Crippen LogP contribution in [0.15, 0.2) is 18.2 Å². The van der Waals surface area contributed by atoms with Crippen molar-refractivity contribution in [2.75, 3.05) is 5.75 Å². The molecule has 64 valence electrons. The normalized spacial score (nSPS) is 10.8. The van der Waals surface area contributed by atoms with Gasteiger partial charge in [0, 0.05) is 11.4 Å². The Morgan fingerprint density at radius 2 is 2.33 bits per heavy atom. The van der Waals surface area contributed by atoms with E-state index in [2.05, 4.69) is 17.6 Å². The van der Waals surface area contributed by atoms with Crippen molar-refractivity contribution in [3.63, 3.8) is 0 Å². The van der Waals surface area contributed by atoms with Gasteiger partial charge in [0.15, 0.2) is 0 Å². The maximum Gasteiger partial charge on any atom is 0.141 e. The van der Waals surface area contributed by atoms with Gasteiger partial charge in [0.25, 0.3) is 0 Å². The van der Waals surface area contributed by atoms with Crippen LogP contribution >= 0.6 is 12.6 Å². The van der Waals surface area contributed by atoms with E-state index in [0.29, 0.717) is 11.4 Å². The number of aromatic nitrogens is 1. The lowest BCUT2D eigenvalue weighted by Crippen LogP contribution is -1.85. The Hall–Kier alpha value is -0.960. The van der Waals surface area contributed by atoms with Crippen molar-refractivity contribution in [2.45, 2.75) is 6.92 Å². The molecule has 0 aliphatic heterocycles. The number of hydrogen-bond donors (Lipinski definition) is 2. The molecule has 0 aliphatic rings. The Balaban J connectivity index is 2.97. The molecule has 0 saturated heterocycles. The van der Waals surface area contributed by atoms with Crippen LogP contribution in [0.2, 0.25) is 0 Å². The maximum atomic E-state index is 9.32. The topological polar surface area (TPSA) is 33.1 Å². The van der Waals surface area contributed by atoms with Crippen LogP contribution in [0.4, 0.5) is 0 Å². The molecule has 0 bridgehead atoms. The van der Waals surface area contributed by atoms with Crippen molar-refractivity contribution < 1.29 is 5.11 Å². The van der Waals surface area contributed by atoms with Crippen LogP contribution in [0.25, 0.3) is 6.08 Å². The molecule has 12 heavy (non-hydrogen) atoms. The molecule has 1 heterocycles. The Morgan fingerprint density at radius 1 is 1.58 bits per heavy atom. The third kappa shape index (κ3) is 2.27. The largest absolute Gasteiger partial charge is 0.506 e. The molecule has 0 radical (unpaired) electrons. The maximum absolute atomic E-state index is 9.32. The lowest BCUT2D eigenvalue weighted by Gasteiger charge is -1.98. The fourth-order valence-electron chi connectivity index (χ4n) is 0.856. The van der Waals surface area contributed by atoms with Gasteiger partial charge in [0.1, 0.15) is 11.4 Å². The van der Waals surface area contributed by atoms with Gasteiger partial charge in [-0.05, 0) is 25.1 Å². The van der Waals surface area contributed by atoms with Gasteiger partial charge < -0.3 is 5.11 Å². The minimum Gasteiger partial charge on any atom is -0.506 e. The Bertz CT molecular complexity index is 297. The smallest absolute Gasteiger partial charge is 0.141 e. The van der Waals surface area contributed by atoms with Crippen LogP contribution in [0, 0.1) is 6.92 Å². The zero-order valence-corrected chi connectivity index (χ0v) is 7.75. The van der Waals surface area contributed by atoms with E-state index in [-0.39, 0.29) is 5.75 Å². The van der Waals surface area contributed by atoms with Crippen LogP contribution in [-0.2, 0) is 0 Å². The summed E-state index contributed by atoms with van der Waals surface area (Å²) in [5.74, 6) is 0.855. The number of pyridine rings is 1. The standard InChI is InChI=1S/C9H11NOS/c1-7-4-5-9(11)8(10-7)3-2-6-12/h2-5,11-12H,6H2,1H3. The Kier molecular flexibility index (Phi) is 3.17. The lowest BCUT2D eigenvalue weighted by molar-refractivity contribution is 0.471. The average molecular weight is 181 g/mol. The SMILES string of the molecule is Cc1ccc(O)c(C=CCS)n1. The van der Waals surface area contributed by atoms with Crippen LogP contribution < -0.4 is 0 Å². The molecule has 0 aromatic carbocycles. The number of hydrogen-bond acceptors (Lipinski definition) is 3. The summed E-state index contributed by atoms with van der Waals surface area (Å²) in [7, 11) is 0. The summed E-state index contributed by atoms with van der Waals surface area (Å²) < 4.78 is 0. The van der Waals surface area contributed by atoms with Crippen molar-refractivity contribution in [1.29, 1.82) is 0 Å². The molecular weight excluding hydrogens is 170 g/mol. The number of rotatable bonds is 2. The van der Waals surface area contributed by atoms with Gasteiger partial charge in [-0.3, -0.25) is 0 Å². The van der Waals surface area contributed by atoms with E-state index in [4.69, 9.17) is 0 Å². The number of aryl methyl sites for hydroxylation is 1. The van der Waals surface area contributed by atoms with E-state index < -0.39 is 0 Å². The molecule has 1 N–H and O–H groups in total. The van der Waals surface area contributed by atoms with Crippen molar-refractivity contribution >= 4 is 18.7 Å². The van der Waals surface area contributed by atoms with Gasteiger partial charge in [-0.1, -0.05) is 6.08 Å². The summed E-state index contributed by atoms with van der Waals surface area (Å²) in [6, 6.07) is 3.41. The second-order valence-corrected chi connectivity index (χ2v) is 2.81. The summed E-state index contributed by atoms with van der Waals surface area (Å²) in [6.45, 7) is 1.89. The molecule has 1 rings (SSSR count). The molecule has 3 heteroatoms. The second-order valence-electron chi connectivity index (χ2n) is 2.44. The lowest BCUT2D eigenvalue weighted by atomic mass is 10.2. The van der Waals surface area contributed by atoms with E-state index in [1.165, 1.54) is 0 Å². The summed E-state index contributed by atoms with van der Waals surface area (Å²) in [5, 5.41) is 9.32. The molecule has 0 fully saturated rings.